The second-order valence-electron chi connectivity index (χ2n) is 4.25. The van der Waals surface area contributed by atoms with E-state index in [2.05, 4.69) is 15.9 Å². The van der Waals surface area contributed by atoms with Crippen molar-refractivity contribution in [3.05, 3.63) is 34.3 Å². The molecule has 2 atom stereocenters. The van der Waals surface area contributed by atoms with Gasteiger partial charge in [0.25, 0.3) is 5.91 Å². The zero-order chi connectivity index (χ0) is 13.3. The Morgan fingerprint density at radius 2 is 2.06 bits per heavy atom. The molecule has 0 aliphatic carbocycles. The van der Waals surface area contributed by atoms with Gasteiger partial charge in [0.05, 0.1) is 11.7 Å². The van der Waals surface area contributed by atoms with Crippen molar-refractivity contribution >= 4 is 27.7 Å². The summed E-state index contributed by atoms with van der Waals surface area (Å²) in [5.41, 5.74) is 5.70. The summed E-state index contributed by atoms with van der Waals surface area (Å²) < 4.78 is 0.652. The Kier molecular flexibility index (Phi) is 3.68. The monoisotopic (exact) mass is 312 g/mol. The lowest BCUT2D eigenvalue weighted by atomic mass is 10.1. The molecule has 1 aromatic carbocycles. The zero-order valence-corrected chi connectivity index (χ0v) is 11.1. The Hall–Kier alpha value is -1.40. The number of aliphatic hydroxyl groups excluding tert-OH is 1. The highest BCUT2D eigenvalue weighted by Crippen LogP contribution is 2.24. The first-order valence-electron chi connectivity index (χ1n) is 5.53. The quantitative estimate of drug-likeness (QED) is 0.834. The molecule has 1 saturated heterocycles. The lowest BCUT2D eigenvalue weighted by Crippen LogP contribution is -2.43. The first-order chi connectivity index (χ1) is 8.50. The number of rotatable bonds is 2. The van der Waals surface area contributed by atoms with E-state index in [1.54, 1.807) is 24.3 Å². The van der Waals surface area contributed by atoms with Gasteiger partial charge in [-0.2, -0.15) is 0 Å². The predicted molar refractivity (Wildman–Crippen MR) is 68.8 cm³/mol. The Labute approximate surface area is 113 Å². The number of nitrogens with zero attached hydrogens (tertiary/aromatic N) is 1. The molecule has 1 fully saturated rings. The summed E-state index contributed by atoms with van der Waals surface area (Å²) in [5.74, 6) is -0.894. The molecule has 1 aliphatic heterocycles. The van der Waals surface area contributed by atoms with Crippen molar-refractivity contribution < 1.29 is 14.7 Å². The van der Waals surface area contributed by atoms with Crippen LogP contribution in [-0.2, 0) is 4.79 Å². The van der Waals surface area contributed by atoms with Crippen LogP contribution in [0.25, 0.3) is 0 Å². The van der Waals surface area contributed by atoms with Gasteiger partial charge in [-0.25, -0.2) is 0 Å². The number of hydrogen-bond donors (Lipinski definition) is 2. The number of hydrogen-bond acceptors (Lipinski definition) is 3. The summed E-state index contributed by atoms with van der Waals surface area (Å²) in [5, 5.41) is 9.57. The van der Waals surface area contributed by atoms with E-state index in [1.165, 1.54) is 4.90 Å². The number of aliphatic hydroxyl groups is 1. The van der Waals surface area contributed by atoms with Gasteiger partial charge in [-0.3, -0.25) is 9.59 Å². The van der Waals surface area contributed by atoms with Crippen LogP contribution in [-0.4, -0.2) is 40.5 Å². The molecule has 1 aromatic rings. The van der Waals surface area contributed by atoms with E-state index in [-0.39, 0.29) is 18.9 Å². The lowest BCUT2D eigenvalue weighted by Gasteiger charge is -2.22. The van der Waals surface area contributed by atoms with Crippen molar-refractivity contribution in [1.82, 2.24) is 4.90 Å². The summed E-state index contributed by atoms with van der Waals surface area (Å²) >= 11 is 3.29. The summed E-state index contributed by atoms with van der Waals surface area (Å²) in [7, 11) is 0. The Morgan fingerprint density at radius 1 is 1.39 bits per heavy atom. The molecule has 1 heterocycles. The third-order valence-corrected chi connectivity index (χ3v) is 3.66. The van der Waals surface area contributed by atoms with E-state index >= 15 is 0 Å². The fourth-order valence-electron chi connectivity index (χ4n) is 2.10. The first kappa shape index (κ1) is 13.0. The standard InChI is InChI=1S/C12H13BrN2O3/c13-9-4-2-1-3-8(9)12(18)15-6-7(16)5-10(15)11(14)17/h1-4,7,10,16H,5-6H2,(H2,14,17). The molecule has 0 bridgehead atoms. The molecule has 0 radical (unpaired) electrons. The van der Waals surface area contributed by atoms with Crippen molar-refractivity contribution in [2.75, 3.05) is 6.54 Å². The lowest BCUT2D eigenvalue weighted by molar-refractivity contribution is -0.121. The third kappa shape index (κ3) is 2.39. The van der Waals surface area contributed by atoms with Crippen molar-refractivity contribution in [2.24, 2.45) is 5.73 Å². The average Bonchev–Trinajstić information content (AvgIpc) is 2.71. The summed E-state index contributed by atoms with van der Waals surface area (Å²) in [4.78, 5) is 24.9. The Balaban J connectivity index is 2.28. The summed E-state index contributed by atoms with van der Waals surface area (Å²) in [6.45, 7) is 0.133. The second kappa shape index (κ2) is 5.07. The van der Waals surface area contributed by atoms with Gasteiger partial charge in [0.1, 0.15) is 6.04 Å². The van der Waals surface area contributed by atoms with Gasteiger partial charge in [0.2, 0.25) is 5.91 Å². The summed E-state index contributed by atoms with van der Waals surface area (Å²) in [6, 6.07) is 6.21. The number of carbonyl (C=O) groups excluding carboxylic acids is 2. The highest BCUT2D eigenvalue weighted by atomic mass is 79.9. The van der Waals surface area contributed by atoms with E-state index in [4.69, 9.17) is 5.73 Å². The largest absolute Gasteiger partial charge is 0.391 e. The van der Waals surface area contributed by atoms with E-state index in [1.807, 2.05) is 0 Å². The number of primary amides is 1. The highest BCUT2D eigenvalue weighted by Gasteiger charge is 2.38. The SMILES string of the molecule is NC(=O)C1CC(O)CN1C(=O)c1ccccc1Br. The van der Waals surface area contributed by atoms with Crippen LogP contribution in [0.2, 0.25) is 0 Å². The molecule has 6 heteroatoms. The number of benzene rings is 1. The molecule has 2 unspecified atom stereocenters. The van der Waals surface area contributed by atoms with Crippen LogP contribution in [0.3, 0.4) is 0 Å². The molecule has 2 amide bonds. The van der Waals surface area contributed by atoms with Crippen LogP contribution in [0, 0.1) is 0 Å². The Morgan fingerprint density at radius 3 is 2.67 bits per heavy atom. The van der Waals surface area contributed by atoms with E-state index in [9.17, 15) is 14.7 Å². The van der Waals surface area contributed by atoms with Gasteiger partial charge < -0.3 is 15.7 Å². The minimum absolute atomic E-state index is 0.133. The normalized spacial score (nSPS) is 23.1. The van der Waals surface area contributed by atoms with Crippen LogP contribution in [0.4, 0.5) is 0 Å². The van der Waals surface area contributed by atoms with E-state index < -0.39 is 18.1 Å². The zero-order valence-electron chi connectivity index (χ0n) is 9.54. The molecule has 3 N–H and O–H groups in total. The smallest absolute Gasteiger partial charge is 0.255 e. The van der Waals surface area contributed by atoms with E-state index in [0.717, 1.165) is 0 Å². The molecule has 0 spiro atoms. The molecule has 2 rings (SSSR count). The highest BCUT2D eigenvalue weighted by molar-refractivity contribution is 9.10. The Bertz CT molecular complexity index is 492. The maximum atomic E-state index is 12.3. The van der Waals surface area contributed by atoms with Crippen LogP contribution in [0.15, 0.2) is 28.7 Å². The van der Waals surface area contributed by atoms with E-state index in [0.29, 0.717) is 10.0 Å². The van der Waals surface area contributed by atoms with Crippen LogP contribution in [0.5, 0.6) is 0 Å². The first-order valence-corrected chi connectivity index (χ1v) is 6.33. The summed E-state index contributed by atoms with van der Waals surface area (Å²) in [6.07, 6.45) is -0.500. The molecule has 0 saturated carbocycles. The molecule has 5 nitrogen and oxygen atoms in total. The van der Waals surface area contributed by atoms with Crippen LogP contribution in [0.1, 0.15) is 16.8 Å². The second-order valence-corrected chi connectivity index (χ2v) is 5.10. The van der Waals surface area contributed by atoms with Gasteiger partial charge in [-0.05, 0) is 28.1 Å². The third-order valence-electron chi connectivity index (χ3n) is 2.97. The fraction of sp³-hybridized carbons (Fsp3) is 0.333. The van der Waals surface area contributed by atoms with Gasteiger partial charge >= 0.3 is 0 Å². The van der Waals surface area contributed by atoms with Crippen molar-refractivity contribution in [1.29, 1.82) is 0 Å². The number of amides is 2. The minimum atomic E-state index is -0.736. The van der Waals surface area contributed by atoms with Gasteiger partial charge in [0, 0.05) is 17.4 Å². The molecule has 1 aliphatic rings. The van der Waals surface area contributed by atoms with Gasteiger partial charge in [-0.1, -0.05) is 12.1 Å². The average molecular weight is 313 g/mol. The van der Waals surface area contributed by atoms with Crippen LogP contribution < -0.4 is 5.73 Å². The van der Waals surface area contributed by atoms with Crippen molar-refractivity contribution in [3.8, 4) is 0 Å². The predicted octanol–water partition coefficient (Wildman–Crippen LogP) is 0.510. The number of carbonyl (C=O) groups is 2. The maximum absolute atomic E-state index is 12.3. The molecule has 18 heavy (non-hydrogen) atoms. The maximum Gasteiger partial charge on any atom is 0.255 e. The number of likely N-dealkylation sites (tertiary alicyclic amines) is 1. The number of nitrogens with two attached hydrogens (primary N) is 1. The van der Waals surface area contributed by atoms with Crippen LogP contribution >= 0.6 is 15.9 Å². The fourth-order valence-corrected chi connectivity index (χ4v) is 2.55. The number of halogens is 1. The van der Waals surface area contributed by atoms with Gasteiger partial charge in [0.15, 0.2) is 0 Å². The molecule has 0 aromatic heterocycles. The van der Waals surface area contributed by atoms with Crippen molar-refractivity contribution in [2.45, 2.75) is 18.6 Å². The number of β-amino-alcohol motifs (C(OH)–C–C–N with tert-alkyl or cyclic N) is 1. The van der Waals surface area contributed by atoms with Crippen molar-refractivity contribution in [3.63, 3.8) is 0 Å². The molecule has 96 valence electrons. The molecular formula is C12H13BrN2O3. The molecular weight excluding hydrogens is 300 g/mol. The van der Waals surface area contributed by atoms with Gasteiger partial charge in [-0.15, -0.1) is 0 Å². The topological polar surface area (TPSA) is 83.6 Å². The minimum Gasteiger partial charge on any atom is -0.391 e.